The van der Waals surface area contributed by atoms with E-state index in [0.717, 1.165) is 19.5 Å². The molecule has 0 fully saturated rings. The number of rotatable bonds is 6. The topological polar surface area (TPSA) is 35.6 Å². The molecule has 0 heterocycles. The Bertz CT molecular complexity index is 202. The van der Waals surface area contributed by atoms with E-state index in [2.05, 4.69) is 10.2 Å². The van der Waals surface area contributed by atoms with Gasteiger partial charge in [-0.05, 0) is 48.0 Å². The fourth-order valence-corrected chi connectivity index (χ4v) is 1.31. The van der Waals surface area contributed by atoms with Crippen molar-refractivity contribution in [3.05, 3.63) is 0 Å². The van der Waals surface area contributed by atoms with Gasteiger partial charge in [0.25, 0.3) is 0 Å². The maximum Gasteiger partial charge on any atom is 0.242 e. The zero-order valence-electron chi connectivity index (χ0n) is 10.9. The molecule has 4 nitrogen and oxygen atoms in total. The number of likely N-dealkylation sites (N-methyl/N-ethyl adjacent to an activating group) is 2. The fraction of sp³-hybridized carbons (Fsp3) is 0.909. The van der Waals surface area contributed by atoms with Gasteiger partial charge in [-0.1, -0.05) is 0 Å². The summed E-state index contributed by atoms with van der Waals surface area (Å²) in [7, 11) is 7.75. The first-order valence-corrected chi connectivity index (χ1v) is 5.40. The van der Waals surface area contributed by atoms with E-state index in [1.807, 2.05) is 42.0 Å². The van der Waals surface area contributed by atoms with Crippen LogP contribution in [0.25, 0.3) is 0 Å². The first kappa shape index (κ1) is 14.4. The van der Waals surface area contributed by atoms with Gasteiger partial charge in [-0.2, -0.15) is 0 Å². The standard InChI is InChI=1S/C11H25N3O/c1-11(2,12-3)10(15)14(6)9-7-8-13(4)5/h12H,7-9H2,1-6H3. The van der Waals surface area contributed by atoms with Crippen LogP contribution in [0.5, 0.6) is 0 Å². The summed E-state index contributed by atoms with van der Waals surface area (Å²) in [5, 5.41) is 3.02. The second kappa shape index (κ2) is 6.08. The van der Waals surface area contributed by atoms with Crippen LogP contribution in [0.15, 0.2) is 0 Å². The van der Waals surface area contributed by atoms with Crippen molar-refractivity contribution in [1.82, 2.24) is 15.1 Å². The quantitative estimate of drug-likeness (QED) is 0.696. The lowest BCUT2D eigenvalue weighted by molar-refractivity contribution is -0.135. The number of hydrogen-bond acceptors (Lipinski definition) is 3. The molecule has 0 aromatic heterocycles. The van der Waals surface area contributed by atoms with E-state index in [-0.39, 0.29) is 5.91 Å². The molecule has 4 heteroatoms. The molecule has 90 valence electrons. The molecule has 0 aromatic rings. The van der Waals surface area contributed by atoms with Gasteiger partial charge in [0.05, 0.1) is 5.54 Å². The van der Waals surface area contributed by atoms with Crippen LogP contribution < -0.4 is 5.32 Å². The summed E-state index contributed by atoms with van der Waals surface area (Å²) in [6, 6.07) is 0. The molecule has 1 N–H and O–H groups in total. The number of hydrogen-bond donors (Lipinski definition) is 1. The van der Waals surface area contributed by atoms with Crippen molar-refractivity contribution >= 4 is 5.91 Å². The number of amides is 1. The van der Waals surface area contributed by atoms with Crippen molar-refractivity contribution in [2.45, 2.75) is 25.8 Å². The molecule has 0 aliphatic heterocycles. The van der Waals surface area contributed by atoms with Crippen molar-refractivity contribution < 1.29 is 4.79 Å². The fourth-order valence-electron chi connectivity index (χ4n) is 1.31. The van der Waals surface area contributed by atoms with Gasteiger partial charge in [0.15, 0.2) is 0 Å². The number of carbonyl (C=O) groups is 1. The second-order valence-electron chi connectivity index (χ2n) is 4.76. The smallest absolute Gasteiger partial charge is 0.242 e. The summed E-state index contributed by atoms with van der Waals surface area (Å²) < 4.78 is 0. The van der Waals surface area contributed by atoms with Crippen LogP contribution in [0.4, 0.5) is 0 Å². The third-order valence-corrected chi connectivity index (χ3v) is 2.61. The molecule has 0 aliphatic carbocycles. The van der Waals surface area contributed by atoms with E-state index in [1.54, 1.807) is 4.90 Å². The molecule has 0 aliphatic rings. The Balaban J connectivity index is 4.00. The number of carbonyl (C=O) groups excluding carboxylic acids is 1. The Hall–Kier alpha value is -0.610. The molecule has 0 rings (SSSR count). The first-order valence-electron chi connectivity index (χ1n) is 5.40. The predicted molar refractivity (Wildman–Crippen MR) is 63.9 cm³/mol. The molecular formula is C11H25N3O. The van der Waals surface area contributed by atoms with E-state index in [0.29, 0.717) is 0 Å². The van der Waals surface area contributed by atoms with Crippen molar-refractivity contribution in [2.75, 3.05) is 41.3 Å². The molecule has 0 aromatic carbocycles. The van der Waals surface area contributed by atoms with Crippen LogP contribution in [0, 0.1) is 0 Å². The zero-order chi connectivity index (χ0) is 12.1. The number of nitrogens with zero attached hydrogens (tertiary/aromatic N) is 2. The van der Waals surface area contributed by atoms with Gasteiger partial charge >= 0.3 is 0 Å². The van der Waals surface area contributed by atoms with Crippen LogP contribution in [-0.2, 0) is 4.79 Å². The highest BCUT2D eigenvalue weighted by Crippen LogP contribution is 2.06. The lowest BCUT2D eigenvalue weighted by Crippen LogP contribution is -2.51. The highest BCUT2D eigenvalue weighted by molar-refractivity contribution is 5.85. The van der Waals surface area contributed by atoms with E-state index in [9.17, 15) is 4.79 Å². The summed E-state index contributed by atoms with van der Waals surface area (Å²) in [6.07, 6.45) is 1.01. The van der Waals surface area contributed by atoms with Crippen molar-refractivity contribution in [3.63, 3.8) is 0 Å². The molecule has 0 saturated carbocycles. The highest BCUT2D eigenvalue weighted by Gasteiger charge is 2.27. The van der Waals surface area contributed by atoms with Gasteiger partial charge in [0, 0.05) is 13.6 Å². The largest absolute Gasteiger partial charge is 0.344 e. The minimum absolute atomic E-state index is 0.142. The third-order valence-electron chi connectivity index (χ3n) is 2.61. The van der Waals surface area contributed by atoms with Crippen LogP contribution in [-0.4, -0.2) is 62.5 Å². The third kappa shape index (κ3) is 5.14. The van der Waals surface area contributed by atoms with E-state index in [1.165, 1.54) is 0 Å². The van der Waals surface area contributed by atoms with Crippen LogP contribution in [0.2, 0.25) is 0 Å². The SMILES string of the molecule is CNC(C)(C)C(=O)N(C)CCCN(C)C. The average molecular weight is 215 g/mol. The highest BCUT2D eigenvalue weighted by atomic mass is 16.2. The summed E-state index contributed by atoms with van der Waals surface area (Å²) in [5.41, 5.74) is -0.465. The molecule has 0 spiro atoms. The van der Waals surface area contributed by atoms with E-state index < -0.39 is 5.54 Å². The molecule has 0 unspecified atom stereocenters. The Kier molecular flexibility index (Phi) is 5.83. The second-order valence-corrected chi connectivity index (χ2v) is 4.76. The molecular weight excluding hydrogens is 190 g/mol. The van der Waals surface area contributed by atoms with Crippen molar-refractivity contribution in [2.24, 2.45) is 0 Å². The molecule has 15 heavy (non-hydrogen) atoms. The summed E-state index contributed by atoms with van der Waals surface area (Å²) >= 11 is 0. The lowest BCUT2D eigenvalue weighted by Gasteiger charge is -2.29. The minimum Gasteiger partial charge on any atom is -0.344 e. The molecule has 0 atom stereocenters. The molecule has 1 amide bonds. The van der Waals surface area contributed by atoms with Gasteiger partial charge in [0.1, 0.15) is 0 Å². The van der Waals surface area contributed by atoms with Gasteiger partial charge in [-0.3, -0.25) is 4.79 Å². The maximum atomic E-state index is 11.9. The first-order chi connectivity index (χ1) is 6.81. The molecule has 0 saturated heterocycles. The Morgan fingerprint density at radius 2 is 1.73 bits per heavy atom. The molecule has 0 radical (unpaired) electrons. The molecule has 0 bridgehead atoms. The average Bonchev–Trinajstić information content (AvgIpc) is 2.15. The zero-order valence-corrected chi connectivity index (χ0v) is 10.9. The van der Waals surface area contributed by atoms with E-state index in [4.69, 9.17) is 0 Å². The normalized spacial score (nSPS) is 11.9. The Morgan fingerprint density at radius 3 is 2.13 bits per heavy atom. The number of nitrogens with one attached hydrogen (secondary N) is 1. The van der Waals surface area contributed by atoms with Gasteiger partial charge in [0.2, 0.25) is 5.91 Å². The predicted octanol–water partition coefficient (Wildman–Crippen LogP) is 0.395. The lowest BCUT2D eigenvalue weighted by atomic mass is 10.0. The monoisotopic (exact) mass is 215 g/mol. The van der Waals surface area contributed by atoms with E-state index >= 15 is 0 Å². The van der Waals surface area contributed by atoms with Gasteiger partial charge in [-0.25, -0.2) is 0 Å². The van der Waals surface area contributed by atoms with Crippen molar-refractivity contribution in [3.8, 4) is 0 Å². The van der Waals surface area contributed by atoms with Gasteiger partial charge < -0.3 is 15.1 Å². The summed E-state index contributed by atoms with van der Waals surface area (Å²) in [4.78, 5) is 15.8. The Morgan fingerprint density at radius 1 is 1.20 bits per heavy atom. The van der Waals surface area contributed by atoms with Gasteiger partial charge in [-0.15, -0.1) is 0 Å². The maximum absolute atomic E-state index is 11.9. The summed E-state index contributed by atoms with van der Waals surface area (Å²) in [6.45, 7) is 5.62. The van der Waals surface area contributed by atoms with Crippen LogP contribution >= 0.6 is 0 Å². The summed E-state index contributed by atoms with van der Waals surface area (Å²) in [5.74, 6) is 0.142. The van der Waals surface area contributed by atoms with Crippen LogP contribution in [0.3, 0.4) is 0 Å². The van der Waals surface area contributed by atoms with Crippen LogP contribution in [0.1, 0.15) is 20.3 Å². The minimum atomic E-state index is -0.465. The van der Waals surface area contributed by atoms with Crippen molar-refractivity contribution in [1.29, 1.82) is 0 Å². The Labute approximate surface area is 93.6 Å².